The average molecular weight is 445 g/mol. The van der Waals surface area contributed by atoms with Gasteiger partial charge in [0.1, 0.15) is 11.5 Å². The fourth-order valence-corrected chi connectivity index (χ4v) is 4.16. The lowest BCUT2D eigenvalue weighted by atomic mass is 10.0. The fraction of sp³-hybridized carbons (Fsp3) is 0.458. The first kappa shape index (κ1) is 23.7. The Hall–Kier alpha value is -3.00. The van der Waals surface area contributed by atoms with Crippen LogP contribution in [0.3, 0.4) is 0 Å². The van der Waals surface area contributed by atoms with Crippen LogP contribution in [-0.4, -0.2) is 59.5 Å². The van der Waals surface area contributed by atoms with Crippen LogP contribution in [0, 0.1) is 19.7 Å². The van der Waals surface area contributed by atoms with Gasteiger partial charge in [0, 0.05) is 37.0 Å². The van der Waals surface area contributed by atoms with Gasteiger partial charge in [0.15, 0.2) is 5.78 Å². The summed E-state index contributed by atoms with van der Waals surface area (Å²) in [5.74, 6) is -1.58. The quantitative estimate of drug-likeness (QED) is 0.460. The minimum absolute atomic E-state index is 0.153. The summed E-state index contributed by atoms with van der Waals surface area (Å²) in [5, 5.41) is 0. The van der Waals surface area contributed by atoms with Crippen LogP contribution in [0.15, 0.2) is 24.3 Å². The van der Waals surface area contributed by atoms with Crippen molar-refractivity contribution in [2.75, 3.05) is 26.3 Å². The second kappa shape index (κ2) is 10.1. The van der Waals surface area contributed by atoms with Crippen molar-refractivity contribution >= 4 is 17.7 Å². The smallest absolute Gasteiger partial charge is 0.355 e. The van der Waals surface area contributed by atoms with E-state index in [4.69, 9.17) is 9.47 Å². The number of rotatable bonds is 8. The Morgan fingerprint density at radius 1 is 1.22 bits per heavy atom. The number of hydrogen-bond acceptors (Lipinski definition) is 5. The lowest BCUT2D eigenvalue weighted by Gasteiger charge is -2.25. The Balaban J connectivity index is 1.89. The number of ketones is 1. The van der Waals surface area contributed by atoms with Crippen LogP contribution in [0.2, 0.25) is 0 Å². The van der Waals surface area contributed by atoms with Crippen LogP contribution in [0.5, 0.6) is 0 Å². The maximum Gasteiger partial charge on any atom is 0.355 e. The molecular formula is C24H29FN2O5. The van der Waals surface area contributed by atoms with Gasteiger partial charge in [-0.15, -0.1) is 0 Å². The molecule has 0 saturated carbocycles. The molecule has 32 heavy (non-hydrogen) atoms. The highest BCUT2D eigenvalue weighted by atomic mass is 19.1. The molecule has 0 aliphatic carbocycles. The molecule has 0 radical (unpaired) electrons. The van der Waals surface area contributed by atoms with E-state index in [1.54, 1.807) is 32.4 Å². The Kier molecular flexibility index (Phi) is 7.45. The molecule has 1 fully saturated rings. The molecule has 1 aromatic carbocycles. The average Bonchev–Trinajstić information content (AvgIpc) is 3.34. The molecule has 172 valence electrons. The maximum absolute atomic E-state index is 13.3. The summed E-state index contributed by atoms with van der Waals surface area (Å²) in [7, 11) is 1.71. The Morgan fingerprint density at radius 2 is 1.91 bits per heavy atom. The van der Waals surface area contributed by atoms with Crippen LogP contribution in [0.1, 0.15) is 62.2 Å². The number of nitrogens with zero attached hydrogens (tertiary/aromatic N) is 2. The normalized spacial score (nSPS) is 15.6. The van der Waals surface area contributed by atoms with Gasteiger partial charge in [-0.05, 0) is 63.4 Å². The van der Waals surface area contributed by atoms with Gasteiger partial charge in [0.2, 0.25) is 0 Å². The molecule has 0 bridgehead atoms. The zero-order chi connectivity index (χ0) is 23.4. The Labute approximate surface area is 187 Å². The van der Waals surface area contributed by atoms with E-state index in [1.165, 1.54) is 29.2 Å². The fourth-order valence-electron chi connectivity index (χ4n) is 4.16. The zero-order valence-corrected chi connectivity index (χ0v) is 18.9. The second-order valence-corrected chi connectivity index (χ2v) is 7.96. The summed E-state index contributed by atoms with van der Waals surface area (Å²) in [4.78, 5) is 40.3. The summed E-state index contributed by atoms with van der Waals surface area (Å²) in [5.41, 5.74) is 2.18. The van der Waals surface area contributed by atoms with Crippen LogP contribution < -0.4 is 0 Å². The minimum Gasteiger partial charge on any atom is -0.461 e. The second-order valence-electron chi connectivity index (χ2n) is 7.96. The monoisotopic (exact) mass is 444 g/mol. The van der Waals surface area contributed by atoms with Crippen molar-refractivity contribution < 1.29 is 28.2 Å². The number of halogens is 1. The van der Waals surface area contributed by atoms with Crippen molar-refractivity contribution in [1.82, 2.24) is 9.47 Å². The molecule has 3 rings (SSSR count). The van der Waals surface area contributed by atoms with Crippen molar-refractivity contribution in [3.05, 3.63) is 58.2 Å². The summed E-state index contributed by atoms with van der Waals surface area (Å²) < 4.78 is 25.8. The number of aromatic nitrogens is 1. The maximum atomic E-state index is 13.3. The molecule has 1 saturated heterocycles. The summed E-state index contributed by atoms with van der Waals surface area (Å²) in [6.45, 7) is 6.12. The molecule has 1 amide bonds. The molecule has 2 heterocycles. The molecule has 1 unspecified atom stereocenters. The highest BCUT2D eigenvalue weighted by Crippen LogP contribution is 2.24. The van der Waals surface area contributed by atoms with E-state index in [9.17, 15) is 18.8 Å². The van der Waals surface area contributed by atoms with Crippen LogP contribution in [-0.2, 0) is 16.5 Å². The van der Waals surface area contributed by atoms with Gasteiger partial charge in [-0.2, -0.15) is 0 Å². The molecular weight excluding hydrogens is 415 g/mol. The van der Waals surface area contributed by atoms with E-state index in [-0.39, 0.29) is 37.5 Å². The third-order valence-corrected chi connectivity index (χ3v) is 5.84. The predicted molar refractivity (Wildman–Crippen MR) is 116 cm³/mol. The highest BCUT2D eigenvalue weighted by molar-refractivity contribution is 6.06. The molecule has 1 atom stereocenters. The molecule has 0 spiro atoms. The predicted octanol–water partition coefficient (Wildman–Crippen LogP) is 3.46. The van der Waals surface area contributed by atoms with Gasteiger partial charge in [-0.3, -0.25) is 9.59 Å². The summed E-state index contributed by atoms with van der Waals surface area (Å²) in [6, 6.07) is 5.25. The Morgan fingerprint density at radius 3 is 2.50 bits per heavy atom. The topological polar surface area (TPSA) is 77.8 Å². The number of carbonyl (C=O) groups is 3. The van der Waals surface area contributed by atoms with Gasteiger partial charge in [-0.25, -0.2) is 9.18 Å². The lowest BCUT2D eigenvalue weighted by molar-refractivity contribution is 0.0505. The van der Waals surface area contributed by atoms with Gasteiger partial charge in [0.25, 0.3) is 5.91 Å². The van der Waals surface area contributed by atoms with Crippen LogP contribution >= 0.6 is 0 Å². The number of ether oxygens (including phenoxy) is 2. The highest BCUT2D eigenvalue weighted by Gasteiger charge is 2.30. The minimum atomic E-state index is -0.492. The van der Waals surface area contributed by atoms with E-state index < -0.39 is 11.8 Å². The van der Waals surface area contributed by atoms with Crippen molar-refractivity contribution in [2.24, 2.45) is 7.05 Å². The molecule has 2 aromatic rings. The van der Waals surface area contributed by atoms with Crippen molar-refractivity contribution in [2.45, 2.75) is 39.7 Å². The van der Waals surface area contributed by atoms with Crippen molar-refractivity contribution in [3.63, 3.8) is 0 Å². The number of Topliss-reactive ketones (excluding diaryl/α,β-unsaturated/α-hetero) is 1. The molecule has 0 N–H and O–H groups in total. The number of amides is 1. The molecule has 1 aliphatic heterocycles. The molecule has 8 heteroatoms. The van der Waals surface area contributed by atoms with Gasteiger partial charge in [-0.1, -0.05) is 0 Å². The van der Waals surface area contributed by atoms with Gasteiger partial charge >= 0.3 is 5.97 Å². The standard InChI is InChI=1S/C24H29FN2O5/c1-5-31-24(30)22-15(2)21(16(3)26(22)4)20(28)14-27(13-19-7-6-12-32-19)23(29)17-8-10-18(25)11-9-17/h8-11,19H,5-7,12-14H2,1-4H3. The molecule has 7 nitrogen and oxygen atoms in total. The first-order valence-electron chi connectivity index (χ1n) is 10.8. The SMILES string of the molecule is CCOC(=O)c1c(C)c(C(=O)CN(CC2CCCO2)C(=O)c2ccc(F)cc2)c(C)n1C. The van der Waals surface area contributed by atoms with Crippen molar-refractivity contribution in [3.8, 4) is 0 Å². The van der Waals surface area contributed by atoms with Crippen LogP contribution in [0.25, 0.3) is 0 Å². The first-order valence-corrected chi connectivity index (χ1v) is 10.8. The number of benzene rings is 1. The van der Waals surface area contributed by atoms with E-state index >= 15 is 0 Å². The van der Waals surface area contributed by atoms with E-state index in [1.807, 2.05) is 0 Å². The number of hydrogen-bond donors (Lipinski definition) is 0. The van der Waals surface area contributed by atoms with Gasteiger partial charge in [0.05, 0.1) is 19.3 Å². The summed E-state index contributed by atoms with van der Waals surface area (Å²) in [6.07, 6.45) is 1.55. The number of esters is 1. The summed E-state index contributed by atoms with van der Waals surface area (Å²) >= 11 is 0. The third-order valence-electron chi connectivity index (χ3n) is 5.84. The van der Waals surface area contributed by atoms with Crippen LogP contribution in [0.4, 0.5) is 4.39 Å². The first-order chi connectivity index (χ1) is 15.2. The number of carbonyl (C=O) groups excluding carboxylic acids is 3. The van der Waals surface area contributed by atoms with E-state index in [0.717, 1.165) is 12.8 Å². The zero-order valence-electron chi connectivity index (χ0n) is 18.9. The van der Waals surface area contributed by atoms with E-state index in [0.29, 0.717) is 34.7 Å². The van der Waals surface area contributed by atoms with E-state index in [2.05, 4.69) is 0 Å². The largest absolute Gasteiger partial charge is 0.461 e. The molecule has 1 aliphatic rings. The van der Waals surface area contributed by atoms with Crippen molar-refractivity contribution in [1.29, 1.82) is 0 Å². The lowest BCUT2D eigenvalue weighted by Crippen LogP contribution is -2.41. The molecule has 1 aromatic heterocycles. The third kappa shape index (κ3) is 4.91. The Bertz CT molecular complexity index is 1010. The van der Waals surface area contributed by atoms with Gasteiger partial charge < -0.3 is 18.9 Å².